The predicted molar refractivity (Wildman–Crippen MR) is 107 cm³/mol. The molecule has 2 aromatic rings. The molecule has 3 N–H and O–H groups in total. The van der Waals surface area contributed by atoms with E-state index in [1.807, 2.05) is 18.2 Å². The Kier molecular flexibility index (Phi) is 6.00. The molecule has 1 aliphatic heterocycles. The van der Waals surface area contributed by atoms with Gasteiger partial charge in [0.05, 0.1) is 24.1 Å². The van der Waals surface area contributed by atoms with Gasteiger partial charge in [0, 0.05) is 17.3 Å². The van der Waals surface area contributed by atoms with Crippen LogP contribution in [0.4, 0.5) is 5.69 Å². The zero-order valence-corrected chi connectivity index (χ0v) is 15.6. The zero-order valence-electron chi connectivity index (χ0n) is 15.6. The topological polar surface area (TPSA) is 74.3 Å². The largest absolute Gasteiger partial charge is 0.495 e. The van der Waals surface area contributed by atoms with Gasteiger partial charge in [-0.25, -0.2) is 0 Å². The maximum atomic E-state index is 12.5. The summed E-state index contributed by atoms with van der Waals surface area (Å²) in [6, 6.07) is 7.37. The first-order chi connectivity index (χ1) is 13.1. The summed E-state index contributed by atoms with van der Waals surface area (Å²) < 4.78 is 5.31. The lowest BCUT2D eigenvalue weighted by molar-refractivity contribution is -0.110. The maximum absolute atomic E-state index is 12.5. The average molecular weight is 364 g/mol. The van der Waals surface area contributed by atoms with Crippen molar-refractivity contribution in [1.82, 2.24) is 4.98 Å². The van der Waals surface area contributed by atoms with Crippen molar-refractivity contribution in [3.63, 3.8) is 0 Å². The molecule has 0 saturated heterocycles. The Labute approximate surface area is 159 Å². The maximum Gasteiger partial charge on any atom is 0.256 e. The number of aliphatic hydroxyl groups is 1. The van der Waals surface area contributed by atoms with E-state index in [0.29, 0.717) is 17.7 Å². The second kappa shape index (κ2) is 8.61. The van der Waals surface area contributed by atoms with Gasteiger partial charge in [0.25, 0.3) is 5.91 Å². The van der Waals surface area contributed by atoms with Crippen LogP contribution in [0.3, 0.4) is 0 Å². The number of fused-ring (bicyclic) bond motifs is 1. The third kappa shape index (κ3) is 4.24. The van der Waals surface area contributed by atoms with E-state index in [2.05, 4.69) is 29.1 Å². The number of aromatic amines is 1. The summed E-state index contributed by atoms with van der Waals surface area (Å²) in [6.45, 7) is 2.13. The summed E-state index contributed by atoms with van der Waals surface area (Å²) in [4.78, 5) is 15.6. The number of amides is 1. The van der Waals surface area contributed by atoms with Crippen molar-refractivity contribution in [2.24, 2.45) is 0 Å². The third-order valence-corrected chi connectivity index (χ3v) is 4.53. The standard InChI is InChI=1S/C22H24N2O3/c1-3-4-5-8-16(25)11-10-15-7-6-9-18-21(15)17(22(26)24-18)14-19-20(27-2)12-13-23-19/h6-7,9,12-14,16,23,25H,3-5,8H2,1-2H3,(H,24,26)/b17-14-/t16-/m1/s1. The highest BCUT2D eigenvalue weighted by atomic mass is 16.5. The van der Waals surface area contributed by atoms with Gasteiger partial charge in [-0.05, 0) is 37.1 Å². The van der Waals surface area contributed by atoms with E-state index >= 15 is 0 Å². The number of H-pyrrole nitrogens is 1. The molecule has 1 aliphatic rings. The highest BCUT2D eigenvalue weighted by Crippen LogP contribution is 2.36. The molecule has 1 aromatic carbocycles. The number of unbranched alkanes of at least 4 members (excludes halogenated alkanes) is 2. The van der Waals surface area contributed by atoms with Crippen molar-refractivity contribution in [1.29, 1.82) is 0 Å². The summed E-state index contributed by atoms with van der Waals surface area (Å²) in [7, 11) is 1.59. The van der Waals surface area contributed by atoms with E-state index in [1.54, 1.807) is 25.4 Å². The minimum absolute atomic E-state index is 0.181. The number of carbonyl (C=O) groups is 1. The second-order valence-corrected chi connectivity index (χ2v) is 6.48. The van der Waals surface area contributed by atoms with E-state index in [9.17, 15) is 9.90 Å². The van der Waals surface area contributed by atoms with Crippen LogP contribution in [0.15, 0.2) is 30.5 Å². The van der Waals surface area contributed by atoms with Gasteiger partial charge in [-0.2, -0.15) is 0 Å². The van der Waals surface area contributed by atoms with Crippen molar-refractivity contribution < 1.29 is 14.6 Å². The molecule has 0 fully saturated rings. The number of ether oxygens (including phenoxy) is 1. The minimum atomic E-state index is -0.659. The quantitative estimate of drug-likeness (QED) is 0.414. The number of hydrogen-bond donors (Lipinski definition) is 3. The number of nitrogens with one attached hydrogen (secondary N) is 2. The van der Waals surface area contributed by atoms with Gasteiger partial charge in [0.1, 0.15) is 11.9 Å². The number of methoxy groups -OCH3 is 1. The average Bonchev–Trinajstić information content (AvgIpc) is 3.24. The molecule has 0 unspecified atom stereocenters. The summed E-state index contributed by atoms with van der Waals surface area (Å²) in [5.41, 5.74) is 3.45. The molecule has 5 nitrogen and oxygen atoms in total. The molecule has 1 aromatic heterocycles. The third-order valence-electron chi connectivity index (χ3n) is 4.53. The Morgan fingerprint density at radius 1 is 1.30 bits per heavy atom. The molecule has 0 saturated carbocycles. The Morgan fingerprint density at radius 3 is 2.93 bits per heavy atom. The van der Waals surface area contributed by atoms with Crippen molar-refractivity contribution in [2.45, 2.75) is 38.7 Å². The SMILES string of the molecule is CCCCC[C@@H](O)C#Cc1cccc2c1/C(=C/c1[nH]ccc1OC)C(=O)N2. The number of aliphatic hydroxyl groups excluding tert-OH is 1. The van der Waals surface area contributed by atoms with Crippen molar-refractivity contribution in [3.8, 4) is 17.6 Å². The van der Waals surface area contributed by atoms with E-state index in [-0.39, 0.29) is 5.91 Å². The molecule has 1 atom stereocenters. The molecule has 3 rings (SSSR count). The fourth-order valence-electron chi connectivity index (χ4n) is 3.12. The van der Waals surface area contributed by atoms with Crippen LogP contribution in [-0.2, 0) is 4.79 Å². The molecule has 0 aliphatic carbocycles. The van der Waals surface area contributed by atoms with E-state index < -0.39 is 6.10 Å². The Hall–Kier alpha value is -2.97. The minimum Gasteiger partial charge on any atom is -0.495 e. The summed E-state index contributed by atoms with van der Waals surface area (Å²) >= 11 is 0. The van der Waals surface area contributed by atoms with Crippen LogP contribution in [0.5, 0.6) is 5.75 Å². The van der Waals surface area contributed by atoms with E-state index in [4.69, 9.17) is 4.74 Å². The van der Waals surface area contributed by atoms with Crippen LogP contribution in [0.25, 0.3) is 11.6 Å². The second-order valence-electron chi connectivity index (χ2n) is 6.48. The summed E-state index contributed by atoms with van der Waals surface area (Å²) in [5.74, 6) is 6.45. The van der Waals surface area contributed by atoms with Crippen LogP contribution < -0.4 is 10.1 Å². The van der Waals surface area contributed by atoms with Crippen LogP contribution in [0, 0.1) is 11.8 Å². The number of carbonyl (C=O) groups excluding carboxylic acids is 1. The van der Waals surface area contributed by atoms with Crippen LogP contribution >= 0.6 is 0 Å². The van der Waals surface area contributed by atoms with Crippen molar-refractivity contribution in [3.05, 3.63) is 47.3 Å². The van der Waals surface area contributed by atoms with Crippen LogP contribution in [-0.4, -0.2) is 29.2 Å². The molecule has 5 heteroatoms. The van der Waals surface area contributed by atoms with Crippen LogP contribution in [0.2, 0.25) is 0 Å². The molecular weight excluding hydrogens is 340 g/mol. The molecule has 0 spiro atoms. The predicted octanol–water partition coefficient (Wildman–Crippen LogP) is 3.81. The molecular formula is C22H24N2O3. The van der Waals surface area contributed by atoms with Crippen LogP contribution in [0.1, 0.15) is 49.4 Å². The fourth-order valence-corrected chi connectivity index (χ4v) is 3.12. The molecule has 2 heterocycles. The first kappa shape index (κ1) is 18.8. The fraction of sp³-hybridized carbons (Fsp3) is 0.318. The number of hydrogen-bond acceptors (Lipinski definition) is 3. The number of aromatic nitrogens is 1. The lowest BCUT2D eigenvalue weighted by atomic mass is 9.99. The Morgan fingerprint density at radius 2 is 2.15 bits per heavy atom. The molecule has 140 valence electrons. The number of benzene rings is 1. The summed E-state index contributed by atoms with van der Waals surface area (Å²) in [5, 5.41) is 13.0. The molecule has 27 heavy (non-hydrogen) atoms. The first-order valence-electron chi connectivity index (χ1n) is 9.21. The number of anilines is 1. The monoisotopic (exact) mass is 364 g/mol. The Balaban J connectivity index is 1.93. The smallest absolute Gasteiger partial charge is 0.256 e. The zero-order chi connectivity index (χ0) is 19.2. The normalized spacial score (nSPS) is 15.1. The van der Waals surface area contributed by atoms with Gasteiger partial charge in [0.15, 0.2) is 0 Å². The lowest BCUT2D eigenvalue weighted by Gasteiger charge is -2.04. The van der Waals surface area contributed by atoms with Gasteiger partial charge in [-0.15, -0.1) is 0 Å². The lowest BCUT2D eigenvalue weighted by Crippen LogP contribution is -2.04. The van der Waals surface area contributed by atoms with Gasteiger partial charge >= 0.3 is 0 Å². The highest BCUT2D eigenvalue weighted by molar-refractivity contribution is 6.35. The van der Waals surface area contributed by atoms with Gasteiger partial charge in [-0.1, -0.05) is 37.7 Å². The molecule has 0 radical (unpaired) electrons. The van der Waals surface area contributed by atoms with E-state index in [1.165, 1.54) is 0 Å². The molecule has 0 bridgehead atoms. The van der Waals surface area contributed by atoms with Crippen molar-refractivity contribution in [2.75, 3.05) is 12.4 Å². The van der Waals surface area contributed by atoms with Gasteiger partial charge in [-0.3, -0.25) is 4.79 Å². The molecule has 1 amide bonds. The van der Waals surface area contributed by atoms with Gasteiger partial charge < -0.3 is 20.1 Å². The Bertz CT molecular complexity index is 915. The first-order valence-corrected chi connectivity index (χ1v) is 9.21. The van der Waals surface area contributed by atoms with Crippen molar-refractivity contribution >= 4 is 23.2 Å². The summed E-state index contributed by atoms with van der Waals surface area (Å²) in [6.07, 6.45) is 6.68. The highest BCUT2D eigenvalue weighted by Gasteiger charge is 2.27. The van der Waals surface area contributed by atoms with E-state index in [0.717, 1.165) is 41.8 Å². The van der Waals surface area contributed by atoms with Gasteiger partial charge in [0.2, 0.25) is 0 Å². The number of rotatable bonds is 6.